The third-order valence-corrected chi connectivity index (χ3v) is 2.84. The number of benzene rings is 1. The first-order valence-electron chi connectivity index (χ1n) is 4.58. The van der Waals surface area contributed by atoms with Crippen LogP contribution in [0.15, 0.2) is 29.2 Å². The molecule has 1 aromatic rings. The molecule has 0 aliphatic carbocycles. The third kappa shape index (κ3) is 5.16. The predicted octanol–water partition coefficient (Wildman–Crippen LogP) is 0.986. The fourth-order valence-electron chi connectivity index (χ4n) is 1.15. The Kier molecular flexibility index (Phi) is 4.12. The summed E-state index contributed by atoms with van der Waals surface area (Å²) in [4.78, 5) is -0.0722. The van der Waals surface area contributed by atoms with Crippen molar-refractivity contribution in [2.24, 2.45) is 5.14 Å². The second-order valence-corrected chi connectivity index (χ2v) is 4.97. The first-order chi connectivity index (χ1) is 7.68. The molecule has 1 aromatic carbocycles. The number of nitrogens with one attached hydrogen (secondary N) is 1. The molecule has 0 heterocycles. The zero-order valence-electron chi connectivity index (χ0n) is 8.66. The molecule has 3 N–H and O–H groups in total. The highest BCUT2D eigenvalue weighted by Gasteiger charge is 2.25. The van der Waals surface area contributed by atoms with Crippen LogP contribution in [0, 0.1) is 0 Å². The average molecular weight is 268 g/mol. The lowest BCUT2D eigenvalue weighted by atomic mass is 10.2. The highest BCUT2D eigenvalue weighted by molar-refractivity contribution is 7.89. The van der Waals surface area contributed by atoms with Gasteiger partial charge in [0.2, 0.25) is 10.0 Å². The lowest BCUT2D eigenvalue weighted by Gasteiger charge is -2.08. The van der Waals surface area contributed by atoms with Gasteiger partial charge in [0, 0.05) is 6.54 Å². The van der Waals surface area contributed by atoms with Crippen molar-refractivity contribution in [2.45, 2.75) is 17.6 Å². The Morgan fingerprint density at radius 3 is 2.12 bits per heavy atom. The summed E-state index contributed by atoms with van der Waals surface area (Å²) in [5.74, 6) is 0. The van der Waals surface area contributed by atoms with Crippen LogP contribution in [-0.4, -0.2) is 21.1 Å². The summed E-state index contributed by atoms with van der Waals surface area (Å²) in [6, 6.07) is 5.31. The average Bonchev–Trinajstić information content (AvgIpc) is 2.15. The van der Waals surface area contributed by atoms with Crippen molar-refractivity contribution >= 4 is 10.0 Å². The van der Waals surface area contributed by atoms with Crippen LogP contribution in [0.5, 0.6) is 0 Å². The molecule has 0 saturated heterocycles. The van der Waals surface area contributed by atoms with E-state index < -0.39 is 22.7 Å². The summed E-state index contributed by atoms with van der Waals surface area (Å²) in [5.41, 5.74) is 0.543. The van der Waals surface area contributed by atoms with Gasteiger partial charge < -0.3 is 5.32 Å². The number of primary sulfonamides is 1. The van der Waals surface area contributed by atoms with Crippen LogP contribution in [0.2, 0.25) is 0 Å². The molecule has 0 bridgehead atoms. The van der Waals surface area contributed by atoms with Gasteiger partial charge in [-0.1, -0.05) is 12.1 Å². The maximum absolute atomic E-state index is 11.8. The SMILES string of the molecule is NS(=O)(=O)c1ccc(CNCC(F)(F)F)cc1. The van der Waals surface area contributed by atoms with Crippen molar-refractivity contribution in [3.63, 3.8) is 0 Å². The van der Waals surface area contributed by atoms with Gasteiger partial charge in [0.25, 0.3) is 0 Å². The molecule has 0 unspecified atom stereocenters. The fourth-order valence-corrected chi connectivity index (χ4v) is 1.66. The standard InChI is InChI=1S/C9H11F3N2O2S/c10-9(11,12)6-14-5-7-1-3-8(4-2-7)17(13,15)16/h1-4,14H,5-6H2,(H2,13,15,16). The summed E-state index contributed by atoms with van der Waals surface area (Å²) >= 11 is 0. The Morgan fingerprint density at radius 2 is 1.71 bits per heavy atom. The van der Waals surface area contributed by atoms with E-state index >= 15 is 0 Å². The van der Waals surface area contributed by atoms with Crippen LogP contribution in [0.4, 0.5) is 13.2 Å². The molecule has 0 radical (unpaired) electrons. The van der Waals surface area contributed by atoms with Crippen LogP contribution >= 0.6 is 0 Å². The zero-order valence-corrected chi connectivity index (χ0v) is 9.48. The molecule has 0 atom stereocenters. The van der Waals surface area contributed by atoms with Crippen molar-refractivity contribution < 1.29 is 21.6 Å². The second kappa shape index (κ2) is 5.03. The van der Waals surface area contributed by atoms with E-state index in [0.717, 1.165) is 0 Å². The molecule has 17 heavy (non-hydrogen) atoms. The highest BCUT2D eigenvalue weighted by atomic mass is 32.2. The monoisotopic (exact) mass is 268 g/mol. The van der Waals surface area contributed by atoms with Gasteiger partial charge in [-0.3, -0.25) is 0 Å². The summed E-state index contributed by atoms with van der Waals surface area (Å²) in [6.45, 7) is -1.09. The van der Waals surface area contributed by atoms with Gasteiger partial charge in [0.1, 0.15) is 0 Å². The summed E-state index contributed by atoms with van der Waals surface area (Å²) in [7, 11) is -3.76. The van der Waals surface area contributed by atoms with Gasteiger partial charge in [0.05, 0.1) is 11.4 Å². The number of alkyl halides is 3. The maximum atomic E-state index is 11.8. The van der Waals surface area contributed by atoms with Crippen LogP contribution in [0.1, 0.15) is 5.56 Å². The molecule has 0 aromatic heterocycles. The number of sulfonamides is 1. The van der Waals surface area contributed by atoms with E-state index in [0.29, 0.717) is 5.56 Å². The lowest BCUT2D eigenvalue weighted by Crippen LogP contribution is -2.28. The molecular weight excluding hydrogens is 257 g/mol. The normalized spacial score (nSPS) is 12.7. The Bertz CT molecular complexity index is 468. The highest BCUT2D eigenvalue weighted by Crippen LogP contribution is 2.13. The lowest BCUT2D eigenvalue weighted by molar-refractivity contribution is -0.125. The Labute approximate surface area is 96.7 Å². The molecule has 96 valence electrons. The Hall–Kier alpha value is -1.12. The van der Waals surface area contributed by atoms with Gasteiger partial charge in [0.15, 0.2) is 0 Å². The molecule has 4 nitrogen and oxygen atoms in total. The first kappa shape index (κ1) is 13.9. The summed E-state index contributed by atoms with van der Waals surface area (Å²) in [5, 5.41) is 7.07. The quantitative estimate of drug-likeness (QED) is 0.855. The second-order valence-electron chi connectivity index (χ2n) is 3.41. The van der Waals surface area contributed by atoms with E-state index in [1.165, 1.54) is 24.3 Å². The molecule has 0 aliphatic rings. The molecular formula is C9H11F3N2O2S. The number of halogens is 3. The van der Waals surface area contributed by atoms with Crippen LogP contribution in [0.3, 0.4) is 0 Å². The van der Waals surface area contributed by atoms with E-state index in [1.54, 1.807) is 0 Å². The summed E-state index contributed by atoms with van der Waals surface area (Å²) in [6.07, 6.45) is -4.26. The van der Waals surface area contributed by atoms with Gasteiger partial charge >= 0.3 is 6.18 Å². The molecule has 0 fully saturated rings. The van der Waals surface area contributed by atoms with Crippen LogP contribution in [0.25, 0.3) is 0 Å². The maximum Gasteiger partial charge on any atom is 0.401 e. The topological polar surface area (TPSA) is 72.2 Å². The largest absolute Gasteiger partial charge is 0.401 e. The molecule has 0 aliphatic heterocycles. The number of hydrogen-bond donors (Lipinski definition) is 2. The van der Waals surface area contributed by atoms with Gasteiger partial charge in [-0.15, -0.1) is 0 Å². The van der Waals surface area contributed by atoms with Gasteiger partial charge in [-0.2, -0.15) is 13.2 Å². The molecule has 1 rings (SSSR count). The minimum atomic E-state index is -4.26. The Balaban J connectivity index is 2.58. The molecule has 0 spiro atoms. The van der Waals surface area contributed by atoms with Crippen molar-refractivity contribution in [1.82, 2.24) is 5.32 Å². The van der Waals surface area contributed by atoms with Crippen molar-refractivity contribution in [2.75, 3.05) is 6.54 Å². The predicted molar refractivity (Wildman–Crippen MR) is 55.6 cm³/mol. The van der Waals surface area contributed by atoms with Gasteiger partial charge in [-0.25, -0.2) is 13.6 Å². The van der Waals surface area contributed by atoms with E-state index in [-0.39, 0.29) is 11.4 Å². The van der Waals surface area contributed by atoms with Crippen molar-refractivity contribution in [3.05, 3.63) is 29.8 Å². The van der Waals surface area contributed by atoms with Crippen molar-refractivity contribution in [3.8, 4) is 0 Å². The van der Waals surface area contributed by atoms with E-state index in [2.05, 4.69) is 5.32 Å². The first-order valence-corrected chi connectivity index (χ1v) is 6.12. The molecule has 0 saturated carbocycles. The zero-order chi connectivity index (χ0) is 13.1. The summed E-state index contributed by atoms with van der Waals surface area (Å²) < 4.78 is 57.3. The Morgan fingerprint density at radius 1 is 1.18 bits per heavy atom. The number of hydrogen-bond acceptors (Lipinski definition) is 3. The van der Waals surface area contributed by atoms with Gasteiger partial charge in [-0.05, 0) is 17.7 Å². The molecule has 0 amide bonds. The van der Waals surface area contributed by atoms with Crippen LogP contribution < -0.4 is 10.5 Å². The van der Waals surface area contributed by atoms with E-state index in [9.17, 15) is 21.6 Å². The number of rotatable bonds is 4. The fraction of sp³-hybridized carbons (Fsp3) is 0.333. The van der Waals surface area contributed by atoms with E-state index in [4.69, 9.17) is 5.14 Å². The van der Waals surface area contributed by atoms with Crippen molar-refractivity contribution in [1.29, 1.82) is 0 Å². The molecule has 8 heteroatoms. The minimum Gasteiger partial charge on any atom is -0.305 e. The van der Waals surface area contributed by atoms with E-state index in [1.807, 2.05) is 0 Å². The number of nitrogens with two attached hydrogens (primary N) is 1. The smallest absolute Gasteiger partial charge is 0.305 e. The minimum absolute atomic E-state index is 0.00437. The van der Waals surface area contributed by atoms with Crippen LogP contribution in [-0.2, 0) is 16.6 Å². The third-order valence-electron chi connectivity index (χ3n) is 1.91.